The van der Waals surface area contributed by atoms with Gasteiger partial charge in [-0.15, -0.1) is 11.3 Å². The molecule has 3 rings (SSSR count). The number of piperidine rings is 1. The van der Waals surface area contributed by atoms with Gasteiger partial charge < -0.3 is 15.5 Å². The molecule has 1 atom stereocenters. The molecule has 10 heteroatoms. The number of anilines is 1. The van der Waals surface area contributed by atoms with Crippen molar-refractivity contribution in [1.82, 2.24) is 15.2 Å². The van der Waals surface area contributed by atoms with E-state index in [2.05, 4.69) is 15.6 Å². The molecule has 3 heterocycles. The van der Waals surface area contributed by atoms with Gasteiger partial charge in [0.1, 0.15) is 6.54 Å². The lowest BCUT2D eigenvalue weighted by Gasteiger charge is -2.20. The van der Waals surface area contributed by atoms with Gasteiger partial charge in [0.05, 0.1) is 5.92 Å². The highest BCUT2D eigenvalue weighted by atomic mass is 32.1. The highest BCUT2D eigenvalue weighted by Crippen LogP contribution is 2.32. The van der Waals surface area contributed by atoms with Gasteiger partial charge in [0.25, 0.3) is 0 Å². The largest absolute Gasteiger partial charge is 0.406 e. The minimum absolute atomic E-state index is 0.200. The van der Waals surface area contributed by atoms with Crippen LogP contribution < -0.4 is 10.6 Å². The van der Waals surface area contributed by atoms with Crippen LogP contribution in [0.1, 0.15) is 30.1 Å². The average molecular weight is 376 g/mol. The molecule has 2 amide bonds. The number of nitrogens with zero attached hydrogens (tertiary/aromatic N) is 2. The maximum Gasteiger partial charge on any atom is 0.406 e. The van der Waals surface area contributed by atoms with Crippen molar-refractivity contribution in [2.45, 2.75) is 31.4 Å². The molecule has 1 unspecified atom stereocenters. The fourth-order valence-electron chi connectivity index (χ4n) is 3.16. The Hall–Kier alpha value is -1.68. The van der Waals surface area contributed by atoms with E-state index < -0.39 is 30.5 Å². The van der Waals surface area contributed by atoms with E-state index in [1.54, 1.807) is 6.20 Å². The molecule has 6 nitrogen and oxygen atoms in total. The first-order chi connectivity index (χ1) is 11.8. The Morgan fingerprint density at radius 1 is 1.40 bits per heavy atom. The summed E-state index contributed by atoms with van der Waals surface area (Å²) < 4.78 is 37.3. The zero-order valence-electron chi connectivity index (χ0n) is 13.4. The summed E-state index contributed by atoms with van der Waals surface area (Å²) in [6, 6.07) is 0. The average Bonchev–Trinajstić information content (AvgIpc) is 3.14. The van der Waals surface area contributed by atoms with Crippen molar-refractivity contribution in [2.24, 2.45) is 5.92 Å². The normalized spacial score (nSPS) is 22.4. The number of alkyl halides is 3. The summed E-state index contributed by atoms with van der Waals surface area (Å²) in [4.78, 5) is 29.9. The predicted octanol–water partition coefficient (Wildman–Crippen LogP) is 1.96. The molecule has 1 aromatic rings. The molecule has 0 spiro atoms. The van der Waals surface area contributed by atoms with Crippen molar-refractivity contribution in [1.29, 1.82) is 0 Å². The van der Waals surface area contributed by atoms with Crippen LogP contribution in [0.4, 0.5) is 18.3 Å². The number of carbonyl (C=O) groups excluding carboxylic acids is 2. The van der Waals surface area contributed by atoms with Crippen LogP contribution in [0.3, 0.4) is 0 Å². The Bertz CT molecular complexity index is 643. The number of aromatic nitrogens is 1. The molecule has 1 aromatic heterocycles. The van der Waals surface area contributed by atoms with Crippen LogP contribution in [0.5, 0.6) is 0 Å². The standard InChI is InChI=1S/C15H19F3N4O2S/c16-15(17,18)8-22-7-10(5-12(22)23)13(24)21-14-20-6-11(25-14)9-1-3-19-4-2-9/h6,9-10,19H,1-5,7-8H2,(H,20,21,24). The molecular weight excluding hydrogens is 357 g/mol. The van der Waals surface area contributed by atoms with Crippen molar-refractivity contribution in [2.75, 3.05) is 31.5 Å². The van der Waals surface area contributed by atoms with E-state index in [9.17, 15) is 22.8 Å². The summed E-state index contributed by atoms with van der Waals surface area (Å²) in [6.07, 6.45) is -0.890. The summed E-state index contributed by atoms with van der Waals surface area (Å²) in [5, 5.41) is 6.35. The first-order valence-electron chi connectivity index (χ1n) is 8.13. The Balaban J connectivity index is 1.56. The van der Waals surface area contributed by atoms with Crippen molar-refractivity contribution >= 4 is 28.3 Å². The van der Waals surface area contributed by atoms with E-state index in [1.165, 1.54) is 11.3 Å². The topological polar surface area (TPSA) is 74.3 Å². The monoisotopic (exact) mass is 376 g/mol. The Morgan fingerprint density at radius 2 is 2.12 bits per heavy atom. The van der Waals surface area contributed by atoms with Gasteiger partial charge in [-0.1, -0.05) is 0 Å². The third-order valence-corrected chi connectivity index (χ3v) is 5.53. The lowest BCUT2D eigenvalue weighted by molar-refractivity contribution is -0.157. The number of amides is 2. The van der Waals surface area contributed by atoms with E-state index >= 15 is 0 Å². The lowest BCUT2D eigenvalue weighted by Crippen LogP contribution is -2.36. The third kappa shape index (κ3) is 4.69. The highest BCUT2D eigenvalue weighted by molar-refractivity contribution is 7.15. The number of halogens is 3. The van der Waals surface area contributed by atoms with Gasteiger partial charge in [0.2, 0.25) is 11.8 Å². The van der Waals surface area contributed by atoms with Crippen LogP contribution in [0.2, 0.25) is 0 Å². The van der Waals surface area contributed by atoms with Crippen molar-refractivity contribution in [3.8, 4) is 0 Å². The number of rotatable bonds is 4. The first-order valence-corrected chi connectivity index (χ1v) is 8.95. The van der Waals surface area contributed by atoms with E-state index in [0.29, 0.717) is 15.9 Å². The second kappa shape index (κ2) is 7.28. The van der Waals surface area contributed by atoms with Crippen LogP contribution in [0.15, 0.2) is 6.20 Å². The molecule has 2 N–H and O–H groups in total. The Morgan fingerprint density at radius 3 is 2.80 bits per heavy atom. The lowest BCUT2D eigenvalue weighted by atomic mass is 9.97. The summed E-state index contributed by atoms with van der Waals surface area (Å²) >= 11 is 1.39. The summed E-state index contributed by atoms with van der Waals surface area (Å²) in [5.41, 5.74) is 0. The van der Waals surface area contributed by atoms with Gasteiger partial charge in [-0.3, -0.25) is 9.59 Å². The Kier molecular flexibility index (Phi) is 5.28. The quantitative estimate of drug-likeness (QED) is 0.843. The van der Waals surface area contributed by atoms with Gasteiger partial charge in [0.15, 0.2) is 5.13 Å². The zero-order valence-corrected chi connectivity index (χ0v) is 14.3. The molecule has 0 radical (unpaired) electrons. The number of thiazole rings is 1. The molecule has 0 bridgehead atoms. The van der Waals surface area contributed by atoms with Gasteiger partial charge in [-0.2, -0.15) is 13.2 Å². The molecule has 2 aliphatic heterocycles. The van der Waals surface area contributed by atoms with E-state index in [0.717, 1.165) is 30.8 Å². The minimum atomic E-state index is -4.46. The Labute approximate surface area is 146 Å². The molecule has 0 aliphatic carbocycles. The molecule has 25 heavy (non-hydrogen) atoms. The van der Waals surface area contributed by atoms with Crippen LogP contribution in [0.25, 0.3) is 0 Å². The number of hydrogen-bond acceptors (Lipinski definition) is 5. The molecule has 0 saturated carbocycles. The van der Waals surface area contributed by atoms with Gasteiger partial charge in [0, 0.05) is 24.0 Å². The van der Waals surface area contributed by atoms with E-state index in [4.69, 9.17) is 0 Å². The molecule has 2 fully saturated rings. The number of likely N-dealkylation sites (tertiary alicyclic amines) is 1. The molecule has 2 saturated heterocycles. The number of hydrogen-bond donors (Lipinski definition) is 2. The van der Waals surface area contributed by atoms with E-state index in [1.807, 2.05) is 0 Å². The maximum absolute atomic E-state index is 12.4. The highest BCUT2D eigenvalue weighted by Gasteiger charge is 2.40. The number of nitrogens with one attached hydrogen (secondary N) is 2. The van der Waals surface area contributed by atoms with Crippen molar-refractivity contribution in [3.63, 3.8) is 0 Å². The predicted molar refractivity (Wildman–Crippen MR) is 86.3 cm³/mol. The van der Waals surface area contributed by atoms with E-state index in [-0.39, 0.29) is 13.0 Å². The van der Waals surface area contributed by atoms with Crippen LogP contribution in [0, 0.1) is 5.92 Å². The minimum Gasteiger partial charge on any atom is -0.333 e. The molecule has 2 aliphatic rings. The van der Waals surface area contributed by atoms with Gasteiger partial charge >= 0.3 is 6.18 Å². The van der Waals surface area contributed by atoms with Crippen LogP contribution >= 0.6 is 11.3 Å². The maximum atomic E-state index is 12.4. The van der Waals surface area contributed by atoms with Crippen LogP contribution in [-0.2, 0) is 9.59 Å². The van der Waals surface area contributed by atoms with Crippen molar-refractivity contribution < 1.29 is 22.8 Å². The van der Waals surface area contributed by atoms with Crippen LogP contribution in [-0.4, -0.2) is 54.1 Å². The first kappa shape index (κ1) is 18.1. The second-order valence-corrected chi connectivity index (χ2v) is 7.43. The summed E-state index contributed by atoms with van der Waals surface area (Å²) in [5.74, 6) is -1.46. The smallest absolute Gasteiger partial charge is 0.333 e. The fourth-order valence-corrected chi connectivity index (χ4v) is 4.15. The summed E-state index contributed by atoms with van der Waals surface area (Å²) in [7, 11) is 0. The SMILES string of the molecule is O=C(Nc1ncc(C2CCNCC2)s1)C1CC(=O)N(CC(F)(F)F)C1. The third-order valence-electron chi connectivity index (χ3n) is 4.45. The fraction of sp³-hybridized carbons (Fsp3) is 0.667. The molecule has 138 valence electrons. The van der Waals surface area contributed by atoms with Gasteiger partial charge in [-0.05, 0) is 31.8 Å². The molecular formula is C15H19F3N4O2S. The summed E-state index contributed by atoms with van der Waals surface area (Å²) in [6.45, 7) is 0.371. The molecule has 0 aromatic carbocycles. The van der Waals surface area contributed by atoms with Crippen molar-refractivity contribution in [3.05, 3.63) is 11.1 Å². The van der Waals surface area contributed by atoms with Gasteiger partial charge in [-0.25, -0.2) is 4.98 Å². The number of carbonyl (C=O) groups is 2. The zero-order chi connectivity index (χ0) is 18.0. The second-order valence-electron chi connectivity index (χ2n) is 6.37.